The monoisotopic (exact) mass is 1300 g/mol. The summed E-state index contributed by atoms with van der Waals surface area (Å²) in [7, 11) is 0. The number of primary amides is 4. The molecule has 15 N–H and O–H groups in total. The molecule has 9 amide bonds. The van der Waals surface area contributed by atoms with Gasteiger partial charge in [0, 0.05) is 61.1 Å². The molecule has 83 heavy (non-hydrogen) atoms. The molecule has 4 aromatic rings. The van der Waals surface area contributed by atoms with Crippen molar-refractivity contribution in [1.29, 1.82) is 10.8 Å². The molecule has 4 rings (SSSR count). The van der Waals surface area contributed by atoms with Gasteiger partial charge in [0.05, 0.1) is 35.4 Å². The standard InChI is InChI=1S/C15H20ClN3O3S.C15H19ClN2O4S.C12H15N3O2S2.C11H13N3O2S2/c1-15(2,3)19-14(22)23-11-5-4-9(16)8-10(11)13(21)18-7-6-12(17)20;1-9(2)8-22-15(21)23-12-4-3-10(16)7-11(12)14(20)18-6-5-13(17)19;1-7(10(13)16)15-11(17)8-5-3-4-6-9(8)19-12(14)18-2;1-17-11(13)18-8-5-3-2-4-7(8)10(16)14-6-9(12)15/h4-5,8H,6-7H2,1-3H3,(H2,17,20)(H,18,21)(H,19,22);3-4,7,9H,5-6,8H2,1-2H3,(H2,17,19)(H,18,20);3-7,14H,1-2H3,(H2,13,16)(H,15,17);2-5,13H,6H2,1H3,(H2,12,15)(H,14,16)/t;;7-;/m..1./s1. The van der Waals surface area contributed by atoms with Gasteiger partial charge < -0.3 is 54.3 Å². The molecule has 30 heteroatoms. The molecule has 1 atom stereocenters. The van der Waals surface area contributed by atoms with Crippen LogP contribution >= 0.6 is 93.8 Å². The minimum atomic E-state index is -0.731. The van der Waals surface area contributed by atoms with Crippen molar-refractivity contribution >= 4 is 160 Å². The molecule has 0 saturated carbocycles. The molecule has 0 fully saturated rings. The number of hydrogen-bond acceptors (Lipinski definition) is 19. The Kier molecular flexibility index (Phi) is 35.2. The zero-order chi connectivity index (χ0) is 63.0. The first-order valence-corrected chi connectivity index (χ1v) is 30.9. The number of halogens is 2. The molecule has 0 aliphatic carbocycles. The van der Waals surface area contributed by atoms with Gasteiger partial charge in [0.1, 0.15) is 14.8 Å². The molecule has 0 saturated heterocycles. The third-order valence-corrected chi connectivity index (χ3v) is 15.3. The predicted molar refractivity (Wildman–Crippen MR) is 336 cm³/mol. The first-order valence-electron chi connectivity index (χ1n) is 24.4. The number of ether oxygens (including phenoxy) is 1. The summed E-state index contributed by atoms with van der Waals surface area (Å²) in [5, 5.41) is 28.1. The van der Waals surface area contributed by atoms with Gasteiger partial charge in [-0.25, -0.2) is 4.79 Å². The van der Waals surface area contributed by atoms with E-state index in [1.165, 1.54) is 66.1 Å². The second-order valence-corrected chi connectivity index (χ2v) is 25.1. The number of amides is 9. The molecular formula is C53H67Cl2N11O11S6. The van der Waals surface area contributed by atoms with E-state index in [2.05, 4.69) is 26.6 Å². The van der Waals surface area contributed by atoms with Crippen molar-refractivity contribution in [1.82, 2.24) is 26.6 Å². The van der Waals surface area contributed by atoms with Crippen LogP contribution in [-0.2, 0) is 23.9 Å². The van der Waals surface area contributed by atoms with Crippen LogP contribution in [0.5, 0.6) is 0 Å². The Bertz CT molecular complexity index is 2970. The number of rotatable bonds is 20. The Hall–Kier alpha value is -6.40. The third-order valence-electron chi connectivity index (χ3n) is 9.33. The largest absolute Gasteiger partial charge is 0.457 e. The smallest absolute Gasteiger partial charge is 0.372 e. The molecule has 0 radical (unpaired) electrons. The van der Waals surface area contributed by atoms with Gasteiger partial charge in [0.15, 0.2) is 0 Å². The molecule has 0 heterocycles. The topological polar surface area (TPSA) is 392 Å². The van der Waals surface area contributed by atoms with Gasteiger partial charge in [0.25, 0.3) is 28.9 Å². The molecule has 450 valence electrons. The van der Waals surface area contributed by atoms with Crippen LogP contribution in [0, 0.1) is 16.7 Å². The van der Waals surface area contributed by atoms with Gasteiger partial charge in [-0.1, -0.05) is 84.8 Å². The highest BCUT2D eigenvalue weighted by molar-refractivity contribution is 8.38. The zero-order valence-corrected chi connectivity index (χ0v) is 52.9. The Balaban J connectivity index is 0.000000556. The highest BCUT2D eigenvalue weighted by Gasteiger charge is 2.21. The predicted octanol–water partition coefficient (Wildman–Crippen LogP) is 8.35. The lowest BCUT2D eigenvalue weighted by molar-refractivity contribution is -0.119. The maximum absolute atomic E-state index is 12.2. The minimum absolute atomic E-state index is 0.0329. The third kappa shape index (κ3) is 32.3. The van der Waals surface area contributed by atoms with E-state index in [4.69, 9.17) is 61.7 Å². The van der Waals surface area contributed by atoms with E-state index in [0.717, 1.165) is 23.5 Å². The van der Waals surface area contributed by atoms with Gasteiger partial charge >= 0.3 is 5.30 Å². The summed E-state index contributed by atoms with van der Waals surface area (Å²) in [6.07, 6.45) is 3.67. The molecular weight excluding hydrogens is 1230 g/mol. The van der Waals surface area contributed by atoms with Gasteiger partial charge in [-0.3, -0.25) is 54.0 Å². The molecule has 0 bridgehead atoms. The van der Waals surface area contributed by atoms with Crippen LogP contribution in [0.2, 0.25) is 10.0 Å². The van der Waals surface area contributed by atoms with E-state index in [1.807, 2.05) is 34.6 Å². The number of carbonyl (C=O) groups excluding carboxylic acids is 10. The van der Waals surface area contributed by atoms with Gasteiger partial charge in [-0.05, 0) is 130 Å². The van der Waals surface area contributed by atoms with Gasteiger partial charge in [-0.2, -0.15) is 0 Å². The Morgan fingerprint density at radius 1 is 0.554 bits per heavy atom. The van der Waals surface area contributed by atoms with Crippen molar-refractivity contribution in [2.45, 2.75) is 85.5 Å². The van der Waals surface area contributed by atoms with Crippen LogP contribution in [0.25, 0.3) is 0 Å². The van der Waals surface area contributed by atoms with Crippen LogP contribution < -0.4 is 49.5 Å². The van der Waals surface area contributed by atoms with E-state index in [-0.39, 0.29) is 72.1 Å². The number of thioether (sulfide) groups is 6. The van der Waals surface area contributed by atoms with Crippen molar-refractivity contribution in [3.8, 4) is 0 Å². The zero-order valence-electron chi connectivity index (χ0n) is 46.5. The number of hydrogen-bond donors (Lipinski definition) is 11. The van der Waals surface area contributed by atoms with E-state index < -0.39 is 46.8 Å². The first kappa shape index (κ1) is 74.6. The number of carbonyl (C=O) groups is 10. The summed E-state index contributed by atoms with van der Waals surface area (Å²) in [6.45, 7) is 11.3. The Labute approximate surface area is 517 Å². The number of nitrogens with one attached hydrogen (secondary N) is 7. The lowest BCUT2D eigenvalue weighted by atomic mass is 10.1. The van der Waals surface area contributed by atoms with Crippen LogP contribution in [0.3, 0.4) is 0 Å². The lowest BCUT2D eigenvalue weighted by Crippen LogP contribution is -2.42. The fraction of sp³-hybridized carbons (Fsp3) is 0.321. The molecule has 22 nitrogen and oxygen atoms in total. The molecule has 4 aromatic carbocycles. The van der Waals surface area contributed by atoms with Gasteiger partial charge in [-0.15, -0.1) is 23.5 Å². The van der Waals surface area contributed by atoms with Crippen LogP contribution in [0.15, 0.2) is 105 Å². The fourth-order valence-electron chi connectivity index (χ4n) is 5.49. The van der Waals surface area contributed by atoms with Crippen LogP contribution in [0.4, 0.5) is 9.59 Å². The summed E-state index contributed by atoms with van der Waals surface area (Å²) < 4.78 is 5.87. The lowest BCUT2D eigenvalue weighted by Gasteiger charge is -2.20. The maximum Gasteiger partial charge on any atom is 0.372 e. The highest BCUT2D eigenvalue weighted by Crippen LogP contribution is 2.30. The quantitative estimate of drug-likeness (QED) is 0.0171. The summed E-state index contributed by atoms with van der Waals surface area (Å²) in [4.78, 5) is 117. The first-order chi connectivity index (χ1) is 38.9. The van der Waals surface area contributed by atoms with Crippen LogP contribution in [0.1, 0.15) is 95.8 Å². The molecule has 0 aliphatic heterocycles. The Morgan fingerprint density at radius 3 is 1.36 bits per heavy atom. The summed E-state index contributed by atoms with van der Waals surface area (Å²) in [5.74, 6) is -3.57. The molecule has 0 spiro atoms. The van der Waals surface area contributed by atoms with Crippen molar-refractivity contribution in [3.63, 3.8) is 0 Å². The van der Waals surface area contributed by atoms with Crippen molar-refractivity contribution < 1.29 is 52.7 Å². The van der Waals surface area contributed by atoms with E-state index in [0.29, 0.717) is 56.1 Å². The molecule has 0 unspecified atom stereocenters. The van der Waals surface area contributed by atoms with E-state index in [9.17, 15) is 47.9 Å². The van der Waals surface area contributed by atoms with Crippen molar-refractivity contribution in [2.24, 2.45) is 28.9 Å². The van der Waals surface area contributed by atoms with E-state index in [1.54, 1.807) is 85.3 Å². The van der Waals surface area contributed by atoms with Crippen molar-refractivity contribution in [3.05, 3.63) is 117 Å². The Morgan fingerprint density at radius 2 is 0.964 bits per heavy atom. The second kappa shape index (κ2) is 39.2. The van der Waals surface area contributed by atoms with E-state index >= 15 is 0 Å². The average Bonchev–Trinajstić information content (AvgIpc) is 3.41. The van der Waals surface area contributed by atoms with Gasteiger partial charge in [0.2, 0.25) is 23.6 Å². The summed E-state index contributed by atoms with van der Waals surface area (Å²) >= 11 is 18.6. The second-order valence-electron chi connectivity index (χ2n) is 18.0. The summed E-state index contributed by atoms with van der Waals surface area (Å²) in [5.41, 5.74) is 21.1. The maximum atomic E-state index is 12.2. The average molecular weight is 1300 g/mol. The minimum Gasteiger partial charge on any atom is -0.457 e. The van der Waals surface area contributed by atoms with Crippen molar-refractivity contribution in [2.75, 3.05) is 38.8 Å². The number of nitrogens with two attached hydrogens (primary N) is 4. The number of benzene rings is 4. The molecule has 0 aliphatic rings. The molecule has 0 aromatic heterocycles. The normalized spacial score (nSPS) is 10.7. The summed E-state index contributed by atoms with van der Waals surface area (Å²) in [6, 6.07) is 22.4. The SMILES string of the molecule is CC(C)(C)NC(=O)Sc1ccc(Cl)cc1C(=O)NCCC(N)=O.CC(C)COC(=O)Sc1ccc(Cl)cc1C(=O)NCCC(N)=O.CSC(=N)Sc1ccccc1C(=O)NCC(N)=O.CSC(=N)Sc1ccccc1C(=O)N[C@H](C)C(N)=O. The van der Waals surface area contributed by atoms with Crippen LogP contribution in [-0.4, -0.2) is 117 Å². The highest BCUT2D eigenvalue weighted by atomic mass is 35.5. The fourth-order valence-corrected chi connectivity index (χ4v) is 9.93.